The van der Waals surface area contributed by atoms with E-state index in [0.717, 1.165) is 5.56 Å². The highest BCUT2D eigenvalue weighted by atomic mass is 16.3. The van der Waals surface area contributed by atoms with Crippen LogP contribution >= 0.6 is 0 Å². The number of aromatic hydroxyl groups is 1. The summed E-state index contributed by atoms with van der Waals surface area (Å²) in [4.78, 5) is 11.2. The Morgan fingerprint density at radius 3 is 2.31 bits per heavy atom. The number of phenols is 1. The van der Waals surface area contributed by atoms with Gasteiger partial charge in [-0.1, -0.05) is 26.0 Å². The van der Waals surface area contributed by atoms with E-state index in [9.17, 15) is 9.90 Å². The lowest BCUT2D eigenvalue weighted by atomic mass is 10.0. The summed E-state index contributed by atoms with van der Waals surface area (Å²) in [7, 11) is 0. The monoisotopic (exact) mass is 221 g/mol. The molecule has 0 radical (unpaired) electrons. The largest absolute Gasteiger partial charge is 0.508 e. The summed E-state index contributed by atoms with van der Waals surface area (Å²) in [6.45, 7) is 5.69. The van der Waals surface area contributed by atoms with Gasteiger partial charge in [0.15, 0.2) is 0 Å². The van der Waals surface area contributed by atoms with Crippen molar-refractivity contribution in [2.24, 2.45) is 0 Å². The minimum absolute atomic E-state index is 0.0260. The van der Waals surface area contributed by atoms with E-state index < -0.39 is 0 Å². The van der Waals surface area contributed by atoms with Crippen LogP contribution in [0.4, 0.5) is 0 Å². The topological polar surface area (TPSA) is 49.3 Å². The molecule has 0 saturated carbocycles. The molecule has 1 aromatic carbocycles. The molecule has 0 saturated heterocycles. The van der Waals surface area contributed by atoms with Crippen molar-refractivity contribution in [2.45, 2.75) is 39.3 Å². The minimum Gasteiger partial charge on any atom is -0.508 e. The maximum atomic E-state index is 11.2. The second-order valence-electron chi connectivity index (χ2n) is 4.37. The molecule has 1 aromatic rings. The van der Waals surface area contributed by atoms with E-state index in [2.05, 4.69) is 5.32 Å². The summed E-state index contributed by atoms with van der Waals surface area (Å²) < 4.78 is 0. The summed E-state index contributed by atoms with van der Waals surface area (Å²) >= 11 is 0. The average molecular weight is 221 g/mol. The van der Waals surface area contributed by atoms with Gasteiger partial charge < -0.3 is 10.4 Å². The third-order valence-electron chi connectivity index (χ3n) is 2.32. The zero-order chi connectivity index (χ0) is 12.1. The van der Waals surface area contributed by atoms with Crippen LogP contribution in [0.15, 0.2) is 24.3 Å². The zero-order valence-electron chi connectivity index (χ0n) is 10.0. The molecule has 3 heteroatoms. The van der Waals surface area contributed by atoms with Gasteiger partial charge in [0, 0.05) is 18.5 Å². The van der Waals surface area contributed by atoms with Crippen molar-refractivity contribution in [1.29, 1.82) is 0 Å². The molecule has 16 heavy (non-hydrogen) atoms. The lowest BCUT2D eigenvalue weighted by Gasteiger charge is -2.20. The number of phenolic OH excluding ortho intramolecular Hbond substituents is 1. The first-order valence-electron chi connectivity index (χ1n) is 5.53. The van der Waals surface area contributed by atoms with Crippen LogP contribution in [-0.2, 0) is 4.79 Å². The summed E-state index contributed by atoms with van der Waals surface area (Å²) in [5.74, 6) is 0.404. The van der Waals surface area contributed by atoms with Gasteiger partial charge in [0.05, 0.1) is 0 Å². The van der Waals surface area contributed by atoms with Gasteiger partial charge in [-0.2, -0.15) is 0 Å². The fraction of sp³-hybridized carbons (Fsp3) is 0.462. The van der Waals surface area contributed by atoms with Crippen molar-refractivity contribution in [2.75, 3.05) is 0 Å². The molecule has 1 unspecified atom stereocenters. The smallest absolute Gasteiger partial charge is 0.131 e. The maximum Gasteiger partial charge on any atom is 0.131 e. The molecule has 0 fully saturated rings. The molecular formula is C13H19NO2. The van der Waals surface area contributed by atoms with Crippen molar-refractivity contribution in [3.8, 4) is 5.75 Å². The van der Waals surface area contributed by atoms with Crippen molar-refractivity contribution >= 4 is 5.78 Å². The predicted molar refractivity (Wildman–Crippen MR) is 64.4 cm³/mol. The highest BCUT2D eigenvalue weighted by Crippen LogP contribution is 2.20. The Kier molecular flexibility index (Phi) is 4.50. The number of ketones is 1. The van der Waals surface area contributed by atoms with Crippen molar-refractivity contribution < 1.29 is 9.90 Å². The molecule has 1 rings (SSSR count). The Labute approximate surface area is 96.5 Å². The first-order chi connectivity index (χ1) is 7.49. The Morgan fingerprint density at radius 2 is 1.88 bits per heavy atom. The molecule has 0 aliphatic carbocycles. The number of Topliss-reactive ketones (excluding diaryl/α,β-unsaturated/α-hetero) is 1. The van der Waals surface area contributed by atoms with Crippen LogP contribution < -0.4 is 5.32 Å². The minimum atomic E-state index is 0.0260. The molecular weight excluding hydrogens is 202 g/mol. The number of hydrogen-bond donors (Lipinski definition) is 2. The summed E-state index contributed by atoms with van der Waals surface area (Å²) in [5.41, 5.74) is 1.03. The van der Waals surface area contributed by atoms with E-state index in [1.807, 2.05) is 26.0 Å². The second-order valence-corrected chi connectivity index (χ2v) is 4.37. The third kappa shape index (κ3) is 4.03. The first-order valence-corrected chi connectivity index (χ1v) is 5.53. The highest BCUT2D eigenvalue weighted by Gasteiger charge is 2.14. The first kappa shape index (κ1) is 12.7. The number of benzene rings is 1. The standard InChI is InChI=1S/C13H19NO2/c1-9(2)14-13(8-10(3)15)11-4-6-12(16)7-5-11/h4-7,9,13-14,16H,8H2,1-3H3. The number of nitrogens with one attached hydrogen (secondary N) is 1. The quantitative estimate of drug-likeness (QED) is 0.802. The van der Waals surface area contributed by atoms with Crippen LogP contribution in [-0.4, -0.2) is 16.9 Å². The maximum absolute atomic E-state index is 11.2. The molecule has 2 N–H and O–H groups in total. The van der Waals surface area contributed by atoms with Gasteiger partial charge in [0.1, 0.15) is 11.5 Å². The number of carbonyl (C=O) groups is 1. The van der Waals surface area contributed by atoms with Crippen molar-refractivity contribution in [1.82, 2.24) is 5.32 Å². The van der Waals surface area contributed by atoms with Gasteiger partial charge in [0.2, 0.25) is 0 Å². The van der Waals surface area contributed by atoms with Gasteiger partial charge in [-0.15, -0.1) is 0 Å². The van der Waals surface area contributed by atoms with E-state index in [0.29, 0.717) is 12.5 Å². The van der Waals surface area contributed by atoms with Crippen molar-refractivity contribution in [3.05, 3.63) is 29.8 Å². The van der Waals surface area contributed by atoms with E-state index >= 15 is 0 Å². The summed E-state index contributed by atoms with van der Waals surface area (Å²) in [5, 5.41) is 12.6. The lowest BCUT2D eigenvalue weighted by Crippen LogP contribution is -2.29. The molecule has 3 nitrogen and oxygen atoms in total. The number of rotatable bonds is 5. The molecule has 0 aliphatic heterocycles. The highest BCUT2D eigenvalue weighted by molar-refractivity contribution is 5.76. The second kappa shape index (κ2) is 5.66. The molecule has 0 amide bonds. The Morgan fingerprint density at radius 1 is 1.31 bits per heavy atom. The normalized spacial score (nSPS) is 12.8. The van der Waals surface area contributed by atoms with Gasteiger partial charge >= 0.3 is 0 Å². The zero-order valence-corrected chi connectivity index (χ0v) is 10.0. The van der Waals surface area contributed by atoms with Crippen LogP contribution in [0.5, 0.6) is 5.75 Å². The van der Waals surface area contributed by atoms with E-state index in [1.54, 1.807) is 19.1 Å². The Bertz CT molecular complexity index is 343. The summed E-state index contributed by atoms with van der Waals surface area (Å²) in [6.07, 6.45) is 0.475. The van der Waals surface area contributed by atoms with E-state index in [4.69, 9.17) is 0 Å². The van der Waals surface area contributed by atoms with Crippen LogP contribution in [0.25, 0.3) is 0 Å². The average Bonchev–Trinajstić information content (AvgIpc) is 2.16. The van der Waals surface area contributed by atoms with Crippen LogP contribution in [0, 0.1) is 0 Å². The SMILES string of the molecule is CC(=O)CC(NC(C)C)c1ccc(O)cc1. The fourth-order valence-electron chi connectivity index (χ4n) is 1.67. The molecule has 0 heterocycles. The van der Waals surface area contributed by atoms with E-state index in [-0.39, 0.29) is 17.6 Å². The molecule has 0 bridgehead atoms. The van der Waals surface area contributed by atoms with Gasteiger partial charge in [-0.25, -0.2) is 0 Å². The fourth-order valence-corrected chi connectivity index (χ4v) is 1.67. The number of carbonyl (C=O) groups excluding carboxylic acids is 1. The Hall–Kier alpha value is -1.35. The lowest BCUT2D eigenvalue weighted by molar-refractivity contribution is -0.117. The Balaban J connectivity index is 2.82. The molecule has 1 atom stereocenters. The predicted octanol–water partition coefficient (Wildman–Crippen LogP) is 2.41. The van der Waals surface area contributed by atoms with Crippen LogP contribution in [0.1, 0.15) is 38.8 Å². The molecule has 0 aliphatic rings. The van der Waals surface area contributed by atoms with Gasteiger partial charge in [-0.3, -0.25) is 4.79 Å². The molecule has 0 aromatic heterocycles. The molecule has 88 valence electrons. The van der Waals surface area contributed by atoms with Crippen LogP contribution in [0.2, 0.25) is 0 Å². The number of hydrogen-bond acceptors (Lipinski definition) is 3. The third-order valence-corrected chi connectivity index (χ3v) is 2.32. The summed E-state index contributed by atoms with van der Waals surface area (Å²) in [6, 6.07) is 7.32. The van der Waals surface area contributed by atoms with E-state index in [1.165, 1.54) is 0 Å². The molecule has 0 spiro atoms. The van der Waals surface area contributed by atoms with Crippen LogP contribution in [0.3, 0.4) is 0 Å². The van der Waals surface area contributed by atoms with Gasteiger partial charge in [0.25, 0.3) is 0 Å². The van der Waals surface area contributed by atoms with Crippen molar-refractivity contribution in [3.63, 3.8) is 0 Å². The van der Waals surface area contributed by atoms with Gasteiger partial charge in [-0.05, 0) is 24.6 Å².